The van der Waals surface area contributed by atoms with Crippen molar-refractivity contribution in [2.24, 2.45) is 5.92 Å². The number of halogens is 1. The second-order valence-corrected chi connectivity index (χ2v) is 4.40. The second kappa shape index (κ2) is 4.34. The molecule has 0 saturated carbocycles. The molecule has 0 aromatic heterocycles. The largest absolute Gasteiger partial charge is 0.489 e. The normalized spacial score (nSPS) is 23.4. The average Bonchev–Trinajstić information content (AvgIpc) is 2.27. The minimum Gasteiger partial charge on any atom is -0.489 e. The number of carboxylic acid groups (broad SMARTS) is 1. The molecule has 0 amide bonds. The van der Waals surface area contributed by atoms with Gasteiger partial charge < -0.3 is 9.84 Å². The summed E-state index contributed by atoms with van der Waals surface area (Å²) in [6, 6.07) is 5.34. The molecule has 0 saturated heterocycles. The molecular weight excluding hydrogens is 228 g/mol. The standard InChI is InChI=1S/C12H13ClO3/c1-2-10-9(12(14)15)6-7-5-8(13)3-4-11(7)16-10/h3-5,9-10H,2,6H2,1H3,(H,14,15). The smallest absolute Gasteiger partial charge is 0.310 e. The van der Waals surface area contributed by atoms with Crippen LogP contribution in [0, 0.1) is 5.92 Å². The monoisotopic (exact) mass is 240 g/mol. The molecule has 3 nitrogen and oxygen atoms in total. The highest BCUT2D eigenvalue weighted by Gasteiger charge is 2.33. The molecule has 86 valence electrons. The maximum absolute atomic E-state index is 11.1. The van der Waals surface area contributed by atoms with E-state index in [-0.39, 0.29) is 6.10 Å². The summed E-state index contributed by atoms with van der Waals surface area (Å²) in [6.45, 7) is 1.93. The van der Waals surface area contributed by atoms with E-state index in [1.54, 1.807) is 18.2 Å². The summed E-state index contributed by atoms with van der Waals surface area (Å²) in [6.07, 6.45) is 0.939. The number of carbonyl (C=O) groups is 1. The lowest BCUT2D eigenvalue weighted by molar-refractivity contribution is -0.145. The van der Waals surface area contributed by atoms with Crippen LogP contribution in [0.3, 0.4) is 0 Å². The molecule has 1 heterocycles. The van der Waals surface area contributed by atoms with Crippen molar-refractivity contribution in [2.45, 2.75) is 25.9 Å². The zero-order valence-electron chi connectivity index (χ0n) is 8.94. The van der Waals surface area contributed by atoms with E-state index < -0.39 is 11.9 Å². The number of aliphatic carboxylic acids is 1. The Morgan fingerprint density at radius 2 is 2.38 bits per heavy atom. The molecule has 2 atom stereocenters. The van der Waals surface area contributed by atoms with Gasteiger partial charge in [0.1, 0.15) is 11.9 Å². The first-order valence-electron chi connectivity index (χ1n) is 5.29. The van der Waals surface area contributed by atoms with Crippen molar-refractivity contribution in [3.05, 3.63) is 28.8 Å². The highest BCUT2D eigenvalue weighted by atomic mass is 35.5. The summed E-state index contributed by atoms with van der Waals surface area (Å²) in [5, 5.41) is 9.73. The summed E-state index contributed by atoms with van der Waals surface area (Å²) < 4.78 is 5.67. The number of benzene rings is 1. The SMILES string of the molecule is CCC1Oc2ccc(Cl)cc2CC1C(=O)O. The number of carboxylic acids is 1. The van der Waals surface area contributed by atoms with Crippen LogP contribution < -0.4 is 4.74 Å². The number of hydrogen-bond donors (Lipinski definition) is 1. The van der Waals surface area contributed by atoms with Crippen molar-refractivity contribution in [1.82, 2.24) is 0 Å². The molecule has 16 heavy (non-hydrogen) atoms. The first kappa shape index (κ1) is 11.3. The van der Waals surface area contributed by atoms with Crippen molar-refractivity contribution in [2.75, 3.05) is 0 Å². The van der Waals surface area contributed by atoms with E-state index in [0.29, 0.717) is 17.9 Å². The lowest BCUT2D eigenvalue weighted by atomic mass is 9.89. The predicted molar refractivity (Wildman–Crippen MR) is 61.0 cm³/mol. The Labute approximate surface area is 99.0 Å². The van der Waals surface area contributed by atoms with Gasteiger partial charge in [0.05, 0.1) is 5.92 Å². The molecule has 1 aromatic rings. The van der Waals surface area contributed by atoms with Gasteiger partial charge >= 0.3 is 5.97 Å². The van der Waals surface area contributed by atoms with Crippen LogP contribution in [0.25, 0.3) is 0 Å². The van der Waals surface area contributed by atoms with Gasteiger partial charge in [0, 0.05) is 5.02 Å². The summed E-state index contributed by atoms with van der Waals surface area (Å²) in [5.41, 5.74) is 0.879. The maximum atomic E-state index is 11.1. The number of hydrogen-bond acceptors (Lipinski definition) is 2. The molecule has 4 heteroatoms. The third-order valence-corrected chi connectivity index (χ3v) is 3.14. The van der Waals surface area contributed by atoms with Gasteiger partial charge in [-0.3, -0.25) is 4.79 Å². The van der Waals surface area contributed by atoms with Crippen LogP contribution in [0.5, 0.6) is 5.75 Å². The zero-order chi connectivity index (χ0) is 11.7. The Hall–Kier alpha value is -1.22. The summed E-state index contributed by atoms with van der Waals surface area (Å²) >= 11 is 5.87. The van der Waals surface area contributed by atoms with Crippen LogP contribution >= 0.6 is 11.6 Å². The minimum absolute atomic E-state index is 0.244. The highest BCUT2D eigenvalue weighted by Crippen LogP contribution is 2.33. The van der Waals surface area contributed by atoms with Gasteiger partial charge in [-0.25, -0.2) is 0 Å². The van der Waals surface area contributed by atoms with Gasteiger partial charge in [-0.2, -0.15) is 0 Å². The van der Waals surface area contributed by atoms with Crippen LogP contribution in [0.4, 0.5) is 0 Å². The van der Waals surface area contributed by atoms with Crippen LogP contribution in [-0.2, 0) is 11.2 Å². The lowest BCUT2D eigenvalue weighted by Gasteiger charge is -2.30. The molecule has 0 spiro atoms. The maximum Gasteiger partial charge on any atom is 0.310 e. The van der Waals surface area contributed by atoms with Gasteiger partial charge in [0.2, 0.25) is 0 Å². The first-order valence-corrected chi connectivity index (χ1v) is 5.67. The van der Waals surface area contributed by atoms with Crippen molar-refractivity contribution in [3.8, 4) is 5.75 Å². The van der Waals surface area contributed by atoms with E-state index in [1.807, 2.05) is 6.92 Å². The third-order valence-electron chi connectivity index (χ3n) is 2.91. The first-order chi connectivity index (χ1) is 7.61. The number of rotatable bonds is 2. The average molecular weight is 241 g/mol. The molecule has 0 aliphatic carbocycles. The van der Waals surface area contributed by atoms with Crippen LogP contribution in [-0.4, -0.2) is 17.2 Å². The Bertz CT molecular complexity index is 417. The Balaban J connectivity index is 2.34. The van der Waals surface area contributed by atoms with Gasteiger partial charge in [-0.1, -0.05) is 18.5 Å². The van der Waals surface area contributed by atoms with E-state index in [0.717, 1.165) is 11.3 Å². The van der Waals surface area contributed by atoms with E-state index in [9.17, 15) is 4.79 Å². The van der Waals surface area contributed by atoms with E-state index in [4.69, 9.17) is 21.4 Å². The van der Waals surface area contributed by atoms with Gasteiger partial charge in [0.25, 0.3) is 0 Å². The molecule has 1 aromatic carbocycles. The lowest BCUT2D eigenvalue weighted by Crippen LogP contribution is -2.37. The van der Waals surface area contributed by atoms with Crippen LogP contribution in [0.15, 0.2) is 18.2 Å². The fourth-order valence-electron chi connectivity index (χ4n) is 2.05. The second-order valence-electron chi connectivity index (χ2n) is 3.97. The van der Waals surface area contributed by atoms with Gasteiger partial charge in [-0.05, 0) is 36.6 Å². The number of fused-ring (bicyclic) bond motifs is 1. The quantitative estimate of drug-likeness (QED) is 0.865. The van der Waals surface area contributed by atoms with E-state index >= 15 is 0 Å². The van der Waals surface area contributed by atoms with E-state index in [1.165, 1.54) is 0 Å². The fraction of sp³-hybridized carbons (Fsp3) is 0.417. The molecule has 1 aliphatic heterocycles. The fourth-order valence-corrected chi connectivity index (χ4v) is 2.24. The topological polar surface area (TPSA) is 46.5 Å². The minimum atomic E-state index is -0.808. The molecule has 0 fully saturated rings. The summed E-state index contributed by atoms with van der Waals surface area (Å²) in [7, 11) is 0. The highest BCUT2D eigenvalue weighted by molar-refractivity contribution is 6.30. The van der Waals surface area contributed by atoms with Crippen molar-refractivity contribution in [1.29, 1.82) is 0 Å². The third kappa shape index (κ3) is 2.00. The van der Waals surface area contributed by atoms with Crippen LogP contribution in [0.2, 0.25) is 5.02 Å². The van der Waals surface area contributed by atoms with Gasteiger partial charge in [-0.15, -0.1) is 0 Å². The van der Waals surface area contributed by atoms with Crippen LogP contribution in [0.1, 0.15) is 18.9 Å². The molecule has 0 bridgehead atoms. The van der Waals surface area contributed by atoms with Crippen molar-refractivity contribution >= 4 is 17.6 Å². The predicted octanol–water partition coefficient (Wildman–Crippen LogP) is 2.75. The summed E-state index contributed by atoms with van der Waals surface area (Å²) in [4.78, 5) is 11.1. The molecular formula is C12H13ClO3. The van der Waals surface area contributed by atoms with E-state index in [2.05, 4.69) is 0 Å². The molecule has 2 unspecified atom stereocenters. The zero-order valence-corrected chi connectivity index (χ0v) is 9.70. The Morgan fingerprint density at radius 3 is 3.00 bits per heavy atom. The summed E-state index contributed by atoms with van der Waals surface area (Å²) in [5.74, 6) is -0.526. The molecule has 0 radical (unpaired) electrons. The van der Waals surface area contributed by atoms with Gasteiger partial charge in [0.15, 0.2) is 0 Å². The molecule has 2 rings (SSSR count). The Kier molecular flexibility index (Phi) is 3.06. The van der Waals surface area contributed by atoms with Crippen molar-refractivity contribution in [3.63, 3.8) is 0 Å². The Morgan fingerprint density at radius 1 is 1.62 bits per heavy atom. The van der Waals surface area contributed by atoms with Crippen molar-refractivity contribution < 1.29 is 14.6 Å². The molecule has 1 aliphatic rings. The molecule has 1 N–H and O–H groups in total. The number of ether oxygens (including phenoxy) is 1.